The van der Waals surface area contributed by atoms with Crippen LogP contribution in [0.3, 0.4) is 0 Å². The number of thioether (sulfide) groups is 1. The van der Waals surface area contributed by atoms with Crippen molar-refractivity contribution in [3.05, 3.63) is 24.3 Å². The molecule has 0 saturated carbocycles. The fourth-order valence-electron chi connectivity index (χ4n) is 1.25. The van der Waals surface area contributed by atoms with Gasteiger partial charge < -0.3 is 10.7 Å². The number of nitriles is 1. The van der Waals surface area contributed by atoms with Gasteiger partial charge in [0, 0.05) is 5.75 Å². The van der Waals surface area contributed by atoms with E-state index in [0.29, 0.717) is 5.75 Å². The molecule has 3 N–H and O–H groups in total. The lowest BCUT2D eigenvalue weighted by molar-refractivity contribution is 0.681. The van der Waals surface area contributed by atoms with E-state index >= 15 is 0 Å². The highest BCUT2D eigenvalue weighted by Crippen LogP contribution is 2.21. The van der Waals surface area contributed by atoms with Crippen molar-refractivity contribution in [2.45, 2.75) is 17.6 Å². The highest BCUT2D eigenvalue weighted by Gasteiger charge is 2.18. The van der Waals surface area contributed by atoms with Crippen LogP contribution in [0.2, 0.25) is 0 Å². The van der Waals surface area contributed by atoms with Gasteiger partial charge in [-0.1, -0.05) is 23.9 Å². The Kier molecular flexibility index (Phi) is 2.86. The van der Waals surface area contributed by atoms with Crippen LogP contribution in [0.1, 0.15) is 6.92 Å². The number of H-pyrrole nitrogens is 1. The second-order valence-corrected chi connectivity index (χ2v) is 4.84. The molecule has 1 aromatic heterocycles. The molecule has 16 heavy (non-hydrogen) atoms. The molecule has 1 unspecified atom stereocenters. The Balaban J connectivity index is 2.14. The Morgan fingerprint density at radius 2 is 2.31 bits per heavy atom. The first-order valence-electron chi connectivity index (χ1n) is 4.88. The molecule has 0 aliphatic carbocycles. The minimum atomic E-state index is -0.816. The average Bonchev–Trinajstić information content (AvgIpc) is 2.69. The van der Waals surface area contributed by atoms with E-state index < -0.39 is 5.54 Å². The summed E-state index contributed by atoms with van der Waals surface area (Å²) in [6.07, 6.45) is 0. The van der Waals surface area contributed by atoms with Gasteiger partial charge in [-0.05, 0) is 19.1 Å². The molecule has 0 radical (unpaired) electrons. The second kappa shape index (κ2) is 4.16. The van der Waals surface area contributed by atoms with Crippen LogP contribution in [0, 0.1) is 11.3 Å². The number of fused-ring (bicyclic) bond motifs is 1. The number of nitrogens with two attached hydrogens (primary N) is 1. The minimum Gasteiger partial charge on any atom is -0.333 e. The van der Waals surface area contributed by atoms with Crippen molar-refractivity contribution < 1.29 is 0 Å². The van der Waals surface area contributed by atoms with Crippen LogP contribution < -0.4 is 5.73 Å². The molecule has 0 saturated heterocycles. The van der Waals surface area contributed by atoms with Gasteiger partial charge in [0.15, 0.2) is 5.16 Å². The quantitative estimate of drug-likeness (QED) is 0.792. The van der Waals surface area contributed by atoms with Crippen LogP contribution in [-0.4, -0.2) is 21.3 Å². The van der Waals surface area contributed by atoms with Crippen molar-refractivity contribution in [1.82, 2.24) is 9.97 Å². The maximum atomic E-state index is 8.79. The average molecular weight is 232 g/mol. The number of hydrogen-bond acceptors (Lipinski definition) is 4. The Bertz CT molecular complexity index is 505. The fourth-order valence-corrected chi connectivity index (χ4v) is 2.09. The molecule has 0 aliphatic heterocycles. The topological polar surface area (TPSA) is 78.5 Å². The third-order valence-electron chi connectivity index (χ3n) is 2.13. The van der Waals surface area contributed by atoms with Gasteiger partial charge in [0.05, 0.1) is 17.1 Å². The van der Waals surface area contributed by atoms with Gasteiger partial charge in [-0.2, -0.15) is 5.26 Å². The van der Waals surface area contributed by atoms with E-state index in [1.807, 2.05) is 24.3 Å². The first-order valence-corrected chi connectivity index (χ1v) is 5.87. The zero-order valence-electron chi connectivity index (χ0n) is 8.90. The number of rotatable bonds is 3. The third kappa shape index (κ3) is 2.35. The molecule has 1 atom stereocenters. The lowest BCUT2D eigenvalue weighted by atomic mass is 10.1. The van der Waals surface area contributed by atoms with E-state index in [9.17, 15) is 0 Å². The van der Waals surface area contributed by atoms with Crippen molar-refractivity contribution in [2.75, 3.05) is 5.75 Å². The molecular weight excluding hydrogens is 220 g/mol. The van der Waals surface area contributed by atoms with Gasteiger partial charge in [0.2, 0.25) is 0 Å². The monoisotopic (exact) mass is 232 g/mol. The number of nitrogens with one attached hydrogen (secondary N) is 1. The predicted molar refractivity (Wildman–Crippen MR) is 65.0 cm³/mol. The zero-order chi connectivity index (χ0) is 11.6. The van der Waals surface area contributed by atoms with E-state index in [1.54, 1.807) is 6.92 Å². The molecule has 82 valence electrons. The highest BCUT2D eigenvalue weighted by atomic mass is 32.2. The highest BCUT2D eigenvalue weighted by molar-refractivity contribution is 7.99. The number of nitrogens with zero attached hydrogens (tertiary/aromatic N) is 2. The summed E-state index contributed by atoms with van der Waals surface area (Å²) in [4.78, 5) is 7.57. The van der Waals surface area contributed by atoms with Crippen LogP contribution in [0.15, 0.2) is 29.4 Å². The van der Waals surface area contributed by atoms with Crippen molar-refractivity contribution in [1.29, 1.82) is 5.26 Å². The lowest BCUT2D eigenvalue weighted by Gasteiger charge is -2.12. The first-order chi connectivity index (χ1) is 7.61. The summed E-state index contributed by atoms with van der Waals surface area (Å²) in [5.41, 5.74) is 6.85. The van der Waals surface area contributed by atoms with Crippen LogP contribution in [-0.2, 0) is 0 Å². The minimum absolute atomic E-state index is 0.517. The summed E-state index contributed by atoms with van der Waals surface area (Å²) in [6, 6.07) is 9.88. The second-order valence-electron chi connectivity index (χ2n) is 3.88. The van der Waals surface area contributed by atoms with Gasteiger partial charge >= 0.3 is 0 Å². The van der Waals surface area contributed by atoms with Gasteiger partial charge in [0.1, 0.15) is 5.54 Å². The van der Waals surface area contributed by atoms with Gasteiger partial charge in [0.25, 0.3) is 0 Å². The van der Waals surface area contributed by atoms with Crippen LogP contribution in [0.25, 0.3) is 11.0 Å². The summed E-state index contributed by atoms with van der Waals surface area (Å²) in [6.45, 7) is 1.71. The molecule has 0 amide bonds. The lowest BCUT2D eigenvalue weighted by Crippen LogP contribution is -2.36. The number of para-hydroxylation sites is 2. The number of benzene rings is 1. The SMILES string of the molecule is CC(N)(C#N)CSc1nc2ccccc2[nH]1. The summed E-state index contributed by atoms with van der Waals surface area (Å²) in [7, 11) is 0. The Morgan fingerprint density at radius 3 is 3.00 bits per heavy atom. The summed E-state index contributed by atoms with van der Waals surface area (Å²) in [5, 5.41) is 9.59. The standard InChI is InChI=1S/C11H12N4S/c1-11(13,6-12)7-16-10-14-8-4-2-3-5-9(8)15-10/h2-5H,7,13H2,1H3,(H,14,15). The van der Waals surface area contributed by atoms with Gasteiger partial charge in [-0.25, -0.2) is 4.98 Å². The molecule has 0 fully saturated rings. The van der Waals surface area contributed by atoms with Crippen LogP contribution in [0.4, 0.5) is 0 Å². The van der Waals surface area contributed by atoms with Gasteiger partial charge in [-0.3, -0.25) is 0 Å². The van der Waals surface area contributed by atoms with Crippen molar-refractivity contribution >= 4 is 22.8 Å². The Morgan fingerprint density at radius 1 is 1.56 bits per heavy atom. The van der Waals surface area contributed by atoms with Crippen LogP contribution in [0.5, 0.6) is 0 Å². The van der Waals surface area contributed by atoms with Gasteiger partial charge in [-0.15, -0.1) is 0 Å². The van der Waals surface area contributed by atoms with E-state index in [0.717, 1.165) is 16.2 Å². The van der Waals surface area contributed by atoms with E-state index in [-0.39, 0.29) is 0 Å². The predicted octanol–water partition coefficient (Wildman–Crippen LogP) is 1.90. The maximum Gasteiger partial charge on any atom is 0.166 e. The molecule has 2 rings (SSSR count). The molecule has 1 heterocycles. The Hall–Kier alpha value is -1.51. The molecule has 2 aromatic rings. The number of imidazole rings is 1. The molecular formula is C11H12N4S. The van der Waals surface area contributed by atoms with Crippen LogP contribution >= 0.6 is 11.8 Å². The largest absolute Gasteiger partial charge is 0.333 e. The number of hydrogen-bond donors (Lipinski definition) is 2. The zero-order valence-corrected chi connectivity index (χ0v) is 9.71. The summed E-state index contributed by atoms with van der Waals surface area (Å²) >= 11 is 1.46. The number of aromatic amines is 1. The first kappa shape index (κ1) is 11.0. The van der Waals surface area contributed by atoms with Crippen molar-refractivity contribution in [2.24, 2.45) is 5.73 Å². The van der Waals surface area contributed by atoms with E-state index in [4.69, 9.17) is 11.0 Å². The smallest absolute Gasteiger partial charge is 0.166 e. The van der Waals surface area contributed by atoms with E-state index in [1.165, 1.54) is 11.8 Å². The fraction of sp³-hybridized carbons (Fsp3) is 0.273. The molecule has 4 nitrogen and oxygen atoms in total. The maximum absolute atomic E-state index is 8.79. The summed E-state index contributed by atoms with van der Waals surface area (Å²) in [5.74, 6) is 0.517. The Labute approximate surface area is 97.9 Å². The summed E-state index contributed by atoms with van der Waals surface area (Å²) < 4.78 is 0. The number of aromatic nitrogens is 2. The third-order valence-corrected chi connectivity index (χ3v) is 3.34. The van der Waals surface area contributed by atoms with Crippen molar-refractivity contribution in [3.8, 4) is 6.07 Å². The molecule has 0 spiro atoms. The molecule has 0 bridgehead atoms. The molecule has 1 aromatic carbocycles. The molecule has 5 heteroatoms. The molecule has 0 aliphatic rings. The normalized spacial score (nSPS) is 14.6. The van der Waals surface area contributed by atoms with Crippen molar-refractivity contribution in [3.63, 3.8) is 0 Å². The van der Waals surface area contributed by atoms with E-state index in [2.05, 4.69) is 16.0 Å².